The van der Waals surface area contributed by atoms with Crippen LogP contribution in [0.3, 0.4) is 0 Å². The SMILES string of the molecule is CN(C)CCCNc1c(C(N)=S)cnc2ccccc12. The van der Waals surface area contributed by atoms with Gasteiger partial charge < -0.3 is 16.0 Å². The minimum Gasteiger partial charge on any atom is -0.389 e. The van der Waals surface area contributed by atoms with Crippen LogP contribution >= 0.6 is 12.2 Å². The van der Waals surface area contributed by atoms with E-state index in [0.29, 0.717) is 4.99 Å². The predicted molar refractivity (Wildman–Crippen MR) is 89.3 cm³/mol. The first-order valence-electron chi connectivity index (χ1n) is 6.65. The third-order valence-electron chi connectivity index (χ3n) is 3.12. The largest absolute Gasteiger partial charge is 0.389 e. The quantitative estimate of drug-likeness (QED) is 0.630. The summed E-state index contributed by atoms with van der Waals surface area (Å²) in [5.41, 5.74) is 8.54. The van der Waals surface area contributed by atoms with Gasteiger partial charge in [0.05, 0.1) is 16.8 Å². The lowest BCUT2D eigenvalue weighted by molar-refractivity contribution is 0.405. The Kier molecular flexibility index (Phi) is 4.87. The summed E-state index contributed by atoms with van der Waals surface area (Å²) in [4.78, 5) is 6.94. The van der Waals surface area contributed by atoms with Gasteiger partial charge in [-0.15, -0.1) is 0 Å². The van der Waals surface area contributed by atoms with Gasteiger partial charge in [-0.2, -0.15) is 0 Å². The number of nitrogens with two attached hydrogens (primary N) is 1. The molecule has 2 rings (SSSR count). The predicted octanol–water partition coefficient (Wildman–Crippen LogP) is 2.23. The van der Waals surface area contributed by atoms with Crippen LogP contribution in [0.15, 0.2) is 30.5 Å². The van der Waals surface area contributed by atoms with Gasteiger partial charge >= 0.3 is 0 Å². The monoisotopic (exact) mass is 288 g/mol. The van der Waals surface area contributed by atoms with Crippen molar-refractivity contribution in [1.82, 2.24) is 9.88 Å². The van der Waals surface area contributed by atoms with Crippen LogP contribution in [0.2, 0.25) is 0 Å². The van der Waals surface area contributed by atoms with Gasteiger partial charge in [0.15, 0.2) is 0 Å². The smallest absolute Gasteiger partial charge is 0.107 e. The summed E-state index contributed by atoms with van der Waals surface area (Å²) in [6.07, 6.45) is 2.80. The number of para-hydroxylation sites is 1. The number of fused-ring (bicyclic) bond motifs is 1. The number of benzene rings is 1. The second-order valence-electron chi connectivity index (χ2n) is 5.01. The Hall–Kier alpha value is -1.72. The van der Waals surface area contributed by atoms with Crippen molar-refractivity contribution in [3.05, 3.63) is 36.0 Å². The number of hydrogen-bond donors (Lipinski definition) is 2. The Morgan fingerprint density at radius 1 is 1.35 bits per heavy atom. The molecule has 1 heterocycles. The molecule has 0 aliphatic heterocycles. The number of aromatic nitrogens is 1. The molecule has 0 bridgehead atoms. The van der Waals surface area contributed by atoms with Crippen LogP contribution in [-0.2, 0) is 0 Å². The lowest BCUT2D eigenvalue weighted by Gasteiger charge is -2.15. The molecule has 0 saturated carbocycles. The van der Waals surface area contributed by atoms with Crippen molar-refractivity contribution in [2.75, 3.05) is 32.5 Å². The number of anilines is 1. The van der Waals surface area contributed by atoms with Crippen molar-refractivity contribution in [1.29, 1.82) is 0 Å². The van der Waals surface area contributed by atoms with Gasteiger partial charge in [0.2, 0.25) is 0 Å². The number of pyridine rings is 1. The molecule has 2 aromatic rings. The molecule has 1 aromatic heterocycles. The average Bonchev–Trinajstić information content (AvgIpc) is 2.42. The van der Waals surface area contributed by atoms with Crippen molar-refractivity contribution < 1.29 is 0 Å². The fourth-order valence-electron chi connectivity index (χ4n) is 2.13. The van der Waals surface area contributed by atoms with Gasteiger partial charge in [0.1, 0.15) is 4.99 Å². The molecular formula is C15H20N4S. The van der Waals surface area contributed by atoms with Crippen molar-refractivity contribution in [3.63, 3.8) is 0 Å². The molecule has 0 atom stereocenters. The van der Waals surface area contributed by atoms with E-state index < -0.39 is 0 Å². The molecule has 0 aliphatic carbocycles. The molecule has 0 saturated heterocycles. The number of thiocarbonyl (C=S) groups is 1. The Labute approximate surface area is 125 Å². The summed E-state index contributed by atoms with van der Waals surface area (Å²) in [7, 11) is 4.14. The van der Waals surface area contributed by atoms with Crippen LogP contribution in [0.25, 0.3) is 10.9 Å². The standard InChI is InChI=1S/C15H20N4S/c1-19(2)9-5-8-17-14-11-6-3-4-7-13(11)18-10-12(14)15(16)20/h3-4,6-7,10H,5,8-9H2,1-2H3,(H2,16,20)(H,17,18). The highest BCUT2D eigenvalue weighted by Gasteiger charge is 2.10. The summed E-state index contributed by atoms with van der Waals surface area (Å²) in [5.74, 6) is 0. The van der Waals surface area contributed by atoms with Crippen molar-refractivity contribution >= 4 is 33.8 Å². The first-order chi connectivity index (χ1) is 9.59. The number of hydrogen-bond acceptors (Lipinski definition) is 4. The van der Waals surface area contributed by atoms with Crippen molar-refractivity contribution in [3.8, 4) is 0 Å². The summed E-state index contributed by atoms with van der Waals surface area (Å²) in [6.45, 7) is 1.92. The van der Waals surface area contributed by atoms with Gasteiger partial charge in [-0.3, -0.25) is 4.98 Å². The maximum Gasteiger partial charge on any atom is 0.107 e. The Balaban J connectivity index is 2.28. The highest BCUT2D eigenvalue weighted by Crippen LogP contribution is 2.25. The first-order valence-corrected chi connectivity index (χ1v) is 7.06. The second-order valence-corrected chi connectivity index (χ2v) is 5.45. The molecule has 0 radical (unpaired) electrons. The molecule has 106 valence electrons. The lowest BCUT2D eigenvalue weighted by Crippen LogP contribution is -2.18. The summed E-state index contributed by atoms with van der Waals surface area (Å²) in [5, 5.41) is 4.52. The molecule has 1 aromatic carbocycles. The maximum atomic E-state index is 5.80. The molecular weight excluding hydrogens is 268 g/mol. The molecule has 5 heteroatoms. The normalized spacial score (nSPS) is 10.9. The van der Waals surface area contributed by atoms with Gasteiger partial charge in [-0.25, -0.2) is 0 Å². The van der Waals surface area contributed by atoms with E-state index in [9.17, 15) is 0 Å². The fraction of sp³-hybridized carbons (Fsp3) is 0.333. The highest BCUT2D eigenvalue weighted by atomic mass is 32.1. The molecule has 0 spiro atoms. The number of nitrogens with one attached hydrogen (secondary N) is 1. The number of nitrogens with zero attached hydrogens (tertiary/aromatic N) is 2. The van der Waals surface area contributed by atoms with E-state index in [2.05, 4.69) is 29.3 Å². The van der Waals surface area contributed by atoms with E-state index in [1.165, 1.54) is 0 Å². The molecule has 0 unspecified atom stereocenters. The minimum atomic E-state index is 0.373. The van der Waals surface area contributed by atoms with Crippen LogP contribution in [0.4, 0.5) is 5.69 Å². The number of rotatable bonds is 6. The minimum absolute atomic E-state index is 0.373. The van der Waals surface area contributed by atoms with Gasteiger partial charge in [0, 0.05) is 18.1 Å². The van der Waals surface area contributed by atoms with Crippen molar-refractivity contribution in [2.45, 2.75) is 6.42 Å². The van der Waals surface area contributed by atoms with Crippen molar-refractivity contribution in [2.24, 2.45) is 5.73 Å². The summed E-state index contributed by atoms with van der Waals surface area (Å²) >= 11 is 5.12. The Bertz CT molecular complexity index is 610. The van der Waals surface area contributed by atoms with Crippen LogP contribution in [0, 0.1) is 0 Å². The maximum absolute atomic E-state index is 5.80. The molecule has 0 fully saturated rings. The third-order valence-corrected chi connectivity index (χ3v) is 3.34. The highest BCUT2D eigenvalue weighted by molar-refractivity contribution is 7.80. The summed E-state index contributed by atoms with van der Waals surface area (Å²) in [6, 6.07) is 8.01. The molecule has 0 aliphatic rings. The third kappa shape index (κ3) is 3.43. The zero-order valence-corrected chi connectivity index (χ0v) is 12.7. The Morgan fingerprint density at radius 3 is 2.80 bits per heavy atom. The zero-order valence-electron chi connectivity index (χ0n) is 11.9. The van der Waals surface area contributed by atoms with Crippen LogP contribution in [-0.4, -0.2) is 42.1 Å². The van der Waals surface area contributed by atoms with Crippen LogP contribution in [0.5, 0.6) is 0 Å². The van der Waals surface area contributed by atoms with E-state index in [1.807, 2.05) is 24.3 Å². The van der Waals surface area contributed by atoms with E-state index >= 15 is 0 Å². The zero-order chi connectivity index (χ0) is 14.5. The fourth-order valence-corrected chi connectivity index (χ4v) is 2.28. The Morgan fingerprint density at radius 2 is 2.10 bits per heavy atom. The van der Waals surface area contributed by atoms with E-state index in [1.54, 1.807) is 6.20 Å². The van der Waals surface area contributed by atoms with E-state index in [-0.39, 0.29) is 0 Å². The van der Waals surface area contributed by atoms with E-state index in [0.717, 1.165) is 41.7 Å². The van der Waals surface area contributed by atoms with Gasteiger partial charge in [-0.05, 0) is 33.1 Å². The molecule has 0 amide bonds. The topological polar surface area (TPSA) is 54.2 Å². The lowest BCUT2D eigenvalue weighted by atomic mass is 10.1. The first kappa shape index (κ1) is 14.7. The van der Waals surface area contributed by atoms with Gasteiger partial charge in [-0.1, -0.05) is 30.4 Å². The van der Waals surface area contributed by atoms with Crippen LogP contribution < -0.4 is 11.1 Å². The molecule has 20 heavy (non-hydrogen) atoms. The van der Waals surface area contributed by atoms with Crippen LogP contribution in [0.1, 0.15) is 12.0 Å². The summed E-state index contributed by atoms with van der Waals surface area (Å²) < 4.78 is 0. The van der Waals surface area contributed by atoms with E-state index in [4.69, 9.17) is 18.0 Å². The second kappa shape index (κ2) is 6.63. The van der Waals surface area contributed by atoms with Gasteiger partial charge in [0.25, 0.3) is 0 Å². The molecule has 3 N–H and O–H groups in total. The molecule has 4 nitrogen and oxygen atoms in total. The average molecular weight is 288 g/mol.